The summed E-state index contributed by atoms with van der Waals surface area (Å²) in [6, 6.07) is 3.38. The van der Waals surface area contributed by atoms with Gasteiger partial charge in [0.15, 0.2) is 5.82 Å². The predicted molar refractivity (Wildman–Crippen MR) is 111 cm³/mol. The second kappa shape index (κ2) is 9.15. The minimum Gasteiger partial charge on any atom is -0.435 e. The average Bonchev–Trinajstić information content (AvgIpc) is 3.06. The fourth-order valence-electron chi connectivity index (χ4n) is 3.28. The summed E-state index contributed by atoms with van der Waals surface area (Å²) in [5.74, 6) is -0.217. The molecule has 2 aromatic heterocycles. The molecule has 0 radical (unpaired) electrons. The van der Waals surface area contributed by atoms with Crippen LogP contribution in [-0.4, -0.2) is 41.8 Å². The van der Waals surface area contributed by atoms with E-state index in [-0.39, 0.29) is 28.9 Å². The number of hydrogen-bond acceptors (Lipinski definition) is 6. The number of ether oxygens (including phenoxy) is 1. The van der Waals surface area contributed by atoms with Gasteiger partial charge in [0.1, 0.15) is 28.4 Å². The van der Waals surface area contributed by atoms with Crippen LogP contribution in [0.5, 0.6) is 5.75 Å². The van der Waals surface area contributed by atoms with Crippen LogP contribution in [0, 0.1) is 11.3 Å². The van der Waals surface area contributed by atoms with E-state index in [9.17, 15) is 35.6 Å². The van der Waals surface area contributed by atoms with E-state index in [4.69, 9.17) is 0 Å². The maximum atomic E-state index is 12.7. The molecule has 1 N–H and O–H groups in total. The van der Waals surface area contributed by atoms with Gasteiger partial charge < -0.3 is 9.30 Å². The van der Waals surface area contributed by atoms with Crippen LogP contribution < -0.4 is 9.46 Å². The maximum Gasteiger partial charge on any atom is 0.404 e. The van der Waals surface area contributed by atoms with Crippen molar-refractivity contribution in [2.75, 3.05) is 0 Å². The minimum absolute atomic E-state index is 0.0828. The molecule has 34 heavy (non-hydrogen) atoms. The van der Waals surface area contributed by atoms with Crippen LogP contribution >= 0.6 is 0 Å². The lowest BCUT2D eigenvalue weighted by Gasteiger charge is -2.17. The number of nitriles is 1. The van der Waals surface area contributed by atoms with E-state index in [1.54, 1.807) is 18.4 Å². The number of nitrogens with one attached hydrogen (secondary N) is 1. The van der Waals surface area contributed by atoms with Crippen molar-refractivity contribution in [3.8, 4) is 23.3 Å². The molecule has 3 aromatic rings. The van der Waals surface area contributed by atoms with Crippen LogP contribution in [-0.2, 0) is 10.0 Å². The molecule has 2 heterocycles. The summed E-state index contributed by atoms with van der Waals surface area (Å²) in [7, 11) is -4.58. The molecular weight excluding hydrogens is 485 g/mol. The molecule has 0 fully saturated rings. The number of fused-ring (bicyclic) bond motifs is 1. The van der Waals surface area contributed by atoms with Gasteiger partial charge in [-0.1, -0.05) is 0 Å². The number of benzene rings is 1. The summed E-state index contributed by atoms with van der Waals surface area (Å²) in [6.45, 7) is 1.11. The van der Waals surface area contributed by atoms with Gasteiger partial charge in [-0.2, -0.15) is 31.9 Å². The van der Waals surface area contributed by atoms with Crippen molar-refractivity contribution >= 4 is 20.9 Å². The normalized spacial score (nSPS) is 13.4. The van der Waals surface area contributed by atoms with Crippen molar-refractivity contribution < 1.29 is 35.1 Å². The highest BCUT2D eigenvalue weighted by Gasteiger charge is 2.39. The van der Waals surface area contributed by atoms with Gasteiger partial charge in [0.05, 0.1) is 23.5 Å². The molecule has 8 nitrogen and oxygen atoms in total. The van der Waals surface area contributed by atoms with E-state index in [1.807, 2.05) is 6.07 Å². The first-order valence-corrected chi connectivity index (χ1v) is 11.2. The number of aromatic nitrogens is 3. The molecule has 0 aliphatic rings. The first-order valence-electron chi connectivity index (χ1n) is 9.70. The molecule has 1 aromatic carbocycles. The number of alkyl halides is 5. The van der Waals surface area contributed by atoms with Crippen LogP contribution in [0.3, 0.4) is 0 Å². The fourth-order valence-corrected chi connectivity index (χ4v) is 4.40. The van der Waals surface area contributed by atoms with E-state index >= 15 is 0 Å². The van der Waals surface area contributed by atoms with Crippen LogP contribution in [0.2, 0.25) is 0 Å². The first kappa shape index (κ1) is 25.3. The third-order valence-corrected chi connectivity index (χ3v) is 6.30. The van der Waals surface area contributed by atoms with Crippen molar-refractivity contribution in [3.05, 3.63) is 36.2 Å². The minimum atomic E-state index is -4.79. The van der Waals surface area contributed by atoms with Gasteiger partial charge in [-0.05, 0) is 32.9 Å². The molecule has 0 amide bonds. The van der Waals surface area contributed by atoms with Crippen LogP contribution in [0.4, 0.5) is 22.0 Å². The molecule has 0 saturated carbocycles. The second-order valence-corrected chi connectivity index (χ2v) is 9.20. The Kier molecular flexibility index (Phi) is 6.81. The topological polar surface area (TPSA) is 110 Å². The molecule has 14 heteroatoms. The third kappa shape index (κ3) is 4.95. The molecule has 3 rings (SSSR count). The van der Waals surface area contributed by atoms with E-state index in [1.165, 1.54) is 22.9 Å². The third-order valence-electron chi connectivity index (χ3n) is 4.80. The van der Waals surface area contributed by atoms with Gasteiger partial charge in [-0.15, -0.1) is 0 Å². The highest BCUT2D eigenvalue weighted by Crippen LogP contribution is 2.36. The molecule has 0 aliphatic heterocycles. The van der Waals surface area contributed by atoms with Gasteiger partial charge in [-0.3, -0.25) is 0 Å². The van der Waals surface area contributed by atoms with Crippen LogP contribution in [0.15, 0.2) is 35.5 Å². The number of sulfonamides is 1. The predicted octanol–water partition coefficient (Wildman–Crippen LogP) is 4.38. The molecule has 0 spiro atoms. The summed E-state index contributed by atoms with van der Waals surface area (Å²) in [5, 5.41) is 10.2. The molecule has 0 aliphatic carbocycles. The Bertz CT molecular complexity index is 1350. The monoisotopic (exact) mass is 503 g/mol. The summed E-state index contributed by atoms with van der Waals surface area (Å²) in [5.41, 5.74) is 0.662. The largest absolute Gasteiger partial charge is 0.435 e. The van der Waals surface area contributed by atoms with Crippen molar-refractivity contribution in [1.29, 1.82) is 5.26 Å². The molecule has 1 atom stereocenters. The maximum absolute atomic E-state index is 12.7. The van der Waals surface area contributed by atoms with Gasteiger partial charge in [-0.25, -0.2) is 18.4 Å². The van der Waals surface area contributed by atoms with Gasteiger partial charge in [0.25, 0.3) is 0 Å². The number of halogens is 5. The van der Waals surface area contributed by atoms with Gasteiger partial charge in [0.2, 0.25) is 10.0 Å². The Morgan fingerprint density at radius 3 is 2.26 bits per heavy atom. The molecule has 182 valence electrons. The van der Waals surface area contributed by atoms with Gasteiger partial charge in [0, 0.05) is 17.5 Å². The van der Waals surface area contributed by atoms with Crippen LogP contribution in [0.25, 0.3) is 22.4 Å². The Balaban J connectivity index is 2.12. The summed E-state index contributed by atoms with van der Waals surface area (Å²) < 4.78 is 95.6. The fraction of sp³-hybridized carbons (Fsp3) is 0.350. The zero-order chi connectivity index (χ0) is 25.4. The summed E-state index contributed by atoms with van der Waals surface area (Å²) >= 11 is 0. The average molecular weight is 503 g/mol. The molecule has 1 unspecified atom stereocenters. The number of nitrogens with zero attached hydrogens (tertiary/aromatic N) is 4. The van der Waals surface area contributed by atoms with Crippen LogP contribution in [0.1, 0.15) is 32.4 Å². The van der Waals surface area contributed by atoms with E-state index in [2.05, 4.69) is 14.7 Å². The molecular formula is C20H18F5N5O3S. The Hall–Kier alpha value is -3.31. The number of rotatable bonds is 7. The first-order chi connectivity index (χ1) is 15.8. The van der Waals surface area contributed by atoms with E-state index < -0.39 is 33.7 Å². The van der Waals surface area contributed by atoms with Crippen molar-refractivity contribution in [2.24, 2.45) is 0 Å². The SMILES string of the molecule is CC(C)n1c(-c2ncc(S(=O)(=O)NC(C)C(F)(F)F)cn2)c(C#N)c2ccc(OC(F)F)cc21. The Labute approximate surface area is 191 Å². The lowest BCUT2D eigenvalue weighted by Crippen LogP contribution is -2.43. The lowest BCUT2D eigenvalue weighted by atomic mass is 10.1. The molecule has 0 saturated heterocycles. The van der Waals surface area contributed by atoms with E-state index in [0.29, 0.717) is 17.8 Å². The summed E-state index contributed by atoms with van der Waals surface area (Å²) in [6.07, 6.45) is -3.15. The standard InChI is InChI=1S/C20H18F5N5O3S/c1-10(2)30-16-6-12(33-19(21)22)4-5-14(16)15(7-26)17(30)18-27-8-13(9-28-18)34(31,32)29-11(3)20(23,24)25/h4-6,8-11,19,29H,1-3H3. The van der Waals surface area contributed by atoms with Gasteiger partial charge >= 0.3 is 12.8 Å². The molecule has 0 bridgehead atoms. The highest BCUT2D eigenvalue weighted by molar-refractivity contribution is 7.89. The van der Waals surface area contributed by atoms with Crippen molar-refractivity contribution in [1.82, 2.24) is 19.3 Å². The van der Waals surface area contributed by atoms with Crippen molar-refractivity contribution in [2.45, 2.75) is 50.5 Å². The highest BCUT2D eigenvalue weighted by atomic mass is 32.2. The Morgan fingerprint density at radius 2 is 1.76 bits per heavy atom. The van der Waals surface area contributed by atoms with Crippen molar-refractivity contribution in [3.63, 3.8) is 0 Å². The Morgan fingerprint density at radius 1 is 1.15 bits per heavy atom. The second-order valence-electron chi connectivity index (χ2n) is 7.48. The summed E-state index contributed by atoms with van der Waals surface area (Å²) in [4.78, 5) is 7.33. The van der Waals surface area contributed by atoms with E-state index in [0.717, 1.165) is 12.4 Å². The quantitative estimate of drug-likeness (QED) is 0.479. The zero-order valence-electron chi connectivity index (χ0n) is 17.9. The zero-order valence-corrected chi connectivity index (χ0v) is 18.7. The number of hydrogen-bond donors (Lipinski definition) is 1. The smallest absolute Gasteiger partial charge is 0.404 e. The lowest BCUT2D eigenvalue weighted by molar-refractivity contribution is -0.147.